The summed E-state index contributed by atoms with van der Waals surface area (Å²) in [7, 11) is 6.74. The van der Waals surface area contributed by atoms with Crippen LogP contribution in [-0.4, -0.2) is 70.3 Å². The van der Waals surface area contributed by atoms with E-state index in [1.165, 1.54) is 25.8 Å². The molecule has 2 unspecified atom stereocenters. The van der Waals surface area contributed by atoms with E-state index < -0.39 is 23.3 Å². The monoisotopic (exact) mass is 472 g/mol. The number of anilines is 1. The minimum atomic E-state index is -1.04. The lowest BCUT2D eigenvalue weighted by molar-refractivity contribution is -0.152. The summed E-state index contributed by atoms with van der Waals surface area (Å²) in [6.07, 6.45) is -1.04. The van der Waals surface area contributed by atoms with Gasteiger partial charge in [-0.1, -0.05) is 12.1 Å². The number of methoxy groups -OCH3 is 2. The lowest BCUT2D eigenvalue weighted by atomic mass is 10.1. The first-order chi connectivity index (χ1) is 15.7. The van der Waals surface area contributed by atoms with Crippen LogP contribution in [0.25, 0.3) is 0 Å². The van der Waals surface area contributed by atoms with Crippen molar-refractivity contribution in [1.29, 1.82) is 0 Å². The molecule has 0 aliphatic carbocycles. The predicted molar refractivity (Wildman–Crippen MR) is 126 cm³/mol. The second kappa shape index (κ2) is 10.7. The zero-order valence-corrected chi connectivity index (χ0v) is 20.2. The highest BCUT2D eigenvalue weighted by Gasteiger charge is 2.41. The Balaban J connectivity index is 2.14. The fourth-order valence-electron chi connectivity index (χ4n) is 3.53. The van der Waals surface area contributed by atoms with Gasteiger partial charge >= 0.3 is 11.9 Å². The number of fused-ring (bicyclic) bond motifs is 1. The van der Waals surface area contributed by atoms with Gasteiger partial charge in [0, 0.05) is 24.9 Å². The Bertz CT molecular complexity index is 1020. The van der Waals surface area contributed by atoms with Crippen molar-refractivity contribution in [1.82, 2.24) is 4.90 Å². The summed E-state index contributed by atoms with van der Waals surface area (Å²) in [5, 5.41) is -0.525. The average Bonchev–Trinajstić information content (AvgIpc) is 2.91. The van der Waals surface area contributed by atoms with Gasteiger partial charge in [0.15, 0.2) is 6.10 Å². The Morgan fingerprint density at radius 2 is 1.79 bits per heavy atom. The van der Waals surface area contributed by atoms with Crippen LogP contribution in [0.4, 0.5) is 5.69 Å². The number of nitrogens with zero attached hydrogens (tertiary/aromatic N) is 2. The first kappa shape index (κ1) is 24.6. The second-order valence-electron chi connectivity index (χ2n) is 7.81. The zero-order chi connectivity index (χ0) is 24.1. The Morgan fingerprint density at radius 1 is 1.09 bits per heavy atom. The first-order valence-electron chi connectivity index (χ1n) is 10.4. The van der Waals surface area contributed by atoms with Crippen LogP contribution in [0.15, 0.2) is 47.4 Å². The molecule has 0 spiro atoms. The standard InChI is InChI=1S/C24H28N2O6S/c1-15(27)32-21-22(16-6-9-18(30-4)10-7-16)33-20-14-17(24(29)31-5)8-11-19(20)26(23(21)28)13-12-25(2)3/h6-11,14,21-22H,12-13H2,1-5H3. The van der Waals surface area contributed by atoms with Crippen LogP contribution in [0.2, 0.25) is 0 Å². The van der Waals surface area contributed by atoms with E-state index in [2.05, 4.69) is 0 Å². The quantitative estimate of drug-likeness (QED) is 0.568. The summed E-state index contributed by atoms with van der Waals surface area (Å²) >= 11 is 1.38. The number of carbonyl (C=O) groups excluding carboxylic acids is 3. The summed E-state index contributed by atoms with van der Waals surface area (Å²) in [5.74, 6) is -0.647. The molecule has 1 aliphatic heterocycles. The van der Waals surface area contributed by atoms with Crippen molar-refractivity contribution < 1.29 is 28.6 Å². The number of rotatable bonds is 7. The van der Waals surface area contributed by atoms with E-state index >= 15 is 0 Å². The Kier molecular flexibility index (Phi) is 7.99. The Labute approximate surface area is 197 Å². The van der Waals surface area contributed by atoms with Crippen LogP contribution in [0.5, 0.6) is 5.75 Å². The van der Waals surface area contributed by atoms with Gasteiger partial charge in [-0.2, -0.15) is 0 Å². The van der Waals surface area contributed by atoms with Crippen molar-refractivity contribution in [3.63, 3.8) is 0 Å². The van der Waals surface area contributed by atoms with Crippen molar-refractivity contribution in [2.24, 2.45) is 0 Å². The number of benzene rings is 2. The average molecular weight is 473 g/mol. The number of likely N-dealkylation sites (N-methyl/N-ethyl adjacent to an activating group) is 1. The summed E-state index contributed by atoms with van der Waals surface area (Å²) in [5.41, 5.74) is 1.83. The number of esters is 2. The molecule has 176 valence electrons. The minimum absolute atomic E-state index is 0.315. The van der Waals surface area contributed by atoms with Crippen LogP contribution in [0, 0.1) is 0 Å². The molecule has 1 aliphatic rings. The third-order valence-electron chi connectivity index (χ3n) is 5.22. The molecule has 0 N–H and O–H groups in total. The number of hydrogen-bond donors (Lipinski definition) is 0. The van der Waals surface area contributed by atoms with Gasteiger partial charge in [-0.25, -0.2) is 4.79 Å². The van der Waals surface area contributed by atoms with Crippen molar-refractivity contribution in [3.05, 3.63) is 53.6 Å². The summed E-state index contributed by atoms with van der Waals surface area (Å²) < 4.78 is 15.7. The lowest BCUT2D eigenvalue weighted by Crippen LogP contribution is -2.45. The molecule has 33 heavy (non-hydrogen) atoms. The fraction of sp³-hybridized carbons (Fsp3) is 0.375. The van der Waals surface area contributed by atoms with Gasteiger partial charge in [0.1, 0.15) is 5.75 Å². The third kappa shape index (κ3) is 5.66. The molecule has 1 amide bonds. The molecule has 9 heteroatoms. The van der Waals surface area contributed by atoms with Crippen LogP contribution in [0.1, 0.15) is 28.1 Å². The van der Waals surface area contributed by atoms with Gasteiger partial charge in [0.25, 0.3) is 5.91 Å². The molecular formula is C24H28N2O6S. The third-order valence-corrected chi connectivity index (χ3v) is 6.57. The SMILES string of the molecule is COC(=O)c1ccc2c(c1)SC(c1ccc(OC)cc1)C(OC(C)=O)C(=O)N2CCN(C)C. The molecule has 0 saturated carbocycles. The molecule has 3 rings (SSSR count). The van der Waals surface area contributed by atoms with E-state index in [0.717, 1.165) is 10.5 Å². The molecule has 0 saturated heterocycles. The van der Waals surface area contributed by atoms with Gasteiger partial charge in [-0.3, -0.25) is 9.59 Å². The van der Waals surface area contributed by atoms with Crippen molar-refractivity contribution in [2.75, 3.05) is 46.3 Å². The van der Waals surface area contributed by atoms with E-state index in [1.54, 1.807) is 42.3 Å². The number of hydrogen-bond acceptors (Lipinski definition) is 8. The van der Waals surface area contributed by atoms with Crippen LogP contribution < -0.4 is 9.64 Å². The summed E-state index contributed by atoms with van der Waals surface area (Å²) in [4.78, 5) is 42.2. The number of carbonyl (C=O) groups is 3. The summed E-state index contributed by atoms with van der Waals surface area (Å²) in [6.45, 7) is 2.29. The zero-order valence-electron chi connectivity index (χ0n) is 19.4. The molecule has 0 radical (unpaired) electrons. The van der Waals surface area contributed by atoms with Crippen LogP contribution in [-0.2, 0) is 19.1 Å². The van der Waals surface area contributed by atoms with Gasteiger partial charge in [-0.15, -0.1) is 11.8 Å². The van der Waals surface area contributed by atoms with Gasteiger partial charge in [-0.05, 0) is 50.0 Å². The molecule has 0 aromatic heterocycles. The maximum atomic E-state index is 13.7. The van der Waals surface area contributed by atoms with E-state index in [0.29, 0.717) is 30.1 Å². The van der Waals surface area contributed by atoms with Crippen molar-refractivity contribution >= 4 is 35.3 Å². The lowest BCUT2D eigenvalue weighted by Gasteiger charge is -2.28. The molecule has 8 nitrogen and oxygen atoms in total. The fourth-order valence-corrected chi connectivity index (χ4v) is 4.89. The number of thioether (sulfide) groups is 1. The minimum Gasteiger partial charge on any atom is -0.497 e. The smallest absolute Gasteiger partial charge is 0.337 e. The molecule has 0 fully saturated rings. The molecule has 2 aromatic carbocycles. The van der Waals surface area contributed by atoms with E-state index in [1.807, 2.05) is 31.1 Å². The molecule has 2 atom stereocenters. The van der Waals surface area contributed by atoms with Gasteiger partial charge < -0.3 is 24.0 Å². The molecule has 0 bridgehead atoms. The highest BCUT2D eigenvalue weighted by molar-refractivity contribution is 7.99. The first-order valence-corrected chi connectivity index (χ1v) is 11.3. The highest BCUT2D eigenvalue weighted by Crippen LogP contribution is 2.47. The largest absolute Gasteiger partial charge is 0.497 e. The van der Waals surface area contributed by atoms with E-state index in [4.69, 9.17) is 14.2 Å². The van der Waals surface area contributed by atoms with Crippen LogP contribution >= 0.6 is 11.8 Å². The highest BCUT2D eigenvalue weighted by atomic mass is 32.2. The van der Waals surface area contributed by atoms with Crippen molar-refractivity contribution in [3.8, 4) is 5.75 Å². The molecule has 1 heterocycles. The Hall–Kier alpha value is -3.04. The van der Waals surface area contributed by atoms with Crippen LogP contribution in [0.3, 0.4) is 0 Å². The summed E-state index contributed by atoms with van der Waals surface area (Å²) in [6, 6.07) is 12.4. The second-order valence-corrected chi connectivity index (χ2v) is 8.99. The number of ether oxygens (including phenoxy) is 3. The van der Waals surface area contributed by atoms with Crippen molar-refractivity contribution in [2.45, 2.75) is 23.2 Å². The van der Waals surface area contributed by atoms with Gasteiger partial charge in [0.05, 0.1) is 30.7 Å². The van der Waals surface area contributed by atoms with Gasteiger partial charge in [0.2, 0.25) is 0 Å². The van der Waals surface area contributed by atoms with E-state index in [-0.39, 0.29) is 5.91 Å². The normalized spacial score (nSPS) is 17.9. The van der Waals surface area contributed by atoms with E-state index in [9.17, 15) is 14.4 Å². The Morgan fingerprint density at radius 3 is 2.36 bits per heavy atom. The maximum absolute atomic E-state index is 13.7. The number of amides is 1. The topological polar surface area (TPSA) is 85.4 Å². The predicted octanol–water partition coefficient (Wildman–Crippen LogP) is 3.16. The maximum Gasteiger partial charge on any atom is 0.337 e. The molecular weight excluding hydrogens is 444 g/mol. The molecule has 2 aromatic rings.